The molecule has 2 rings (SSSR count). The zero-order valence-electron chi connectivity index (χ0n) is 12.2. The van der Waals surface area contributed by atoms with E-state index >= 15 is 0 Å². The molecule has 122 valence electrons. The van der Waals surface area contributed by atoms with Gasteiger partial charge in [-0.3, -0.25) is 9.59 Å². The van der Waals surface area contributed by atoms with E-state index in [-0.39, 0.29) is 36.6 Å². The number of nitrogens with one attached hydrogen (secondary N) is 3. The smallest absolute Gasteiger partial charge is 0.226 e. The summed E-state index contributed by atoms with van der Waals surface area (Å²) in [7, 11) is 0. The number of piperidine rings is 1. The number of rotatable bonds is 5. The van der Waals surface area contributed by atoms with Crippen molar-refractivity contribution in [3.05, 3.63) is 28.7 Å². The molecule has 0 saturated carbocycles. The average Bonchev–Trinajstić information content (AvgIpc) is 2.50. The molecule has 0 unspecified atom stereocenters. The van der Waals surface area contributed by atoms with Crippen molar-refractivity contribution in [3.8, 4) is 0 Å². The minimum absolute atomic E-state index is 0. The van der Waals surface area contributed by atoms with E-state index in [0.717, 1.165) is 36.1 Å². The van der Waals surface area contributed by atoms with Gasteiger partial charge in [0.25, 0.3) is 0 Å². The Hall–Kier alpha value is -1.11. The lowest BCUT2D eigenvalue weighted by Crippen LogP contribution is -2.39. The Kier molecular flexibility index (Phi) is 8.45. The molecule has 5 nitrogen and oxygen atoms in total. The van der Waals surface area contributed by atoms with Crippen molar-refractivity contribution >= 4 is 45.8 Å². The summed E-state index contributed by atoms with van der Waals surface area (Å²) in [6.07, 6.45) is 2.03. The van der Waals surface area contributed by atoms with Crippen LogP contribution in [0.25, 0.3) is 0 Å². The summed E-state index contributed by atoms with van der Waals surface area (Å²) in [5.74, 6) is 0.0525. The summed E-state index contributed by atoms with van der Waals surface area (Å²) in [5.41, 5.74) is 0.757. The first-order chi connectivity index (χ1) is 10.1. The van der Waals surface area contributed by atoms with E-state index in [4.69, 9.17) is 0 Å². The average molecular weight is 391 g/mol. The Morgan fingerprint density at radius 3 is 2.45 bits per heavy atom. The van der Waals surface area contributed by atoms with Crippen LogP contribution < -0.4 is 16.0 Å². The lowest BCUT2D eigenvalue weighted by molar-refractivity contribution is -0.125. The van der Waals surface area contributed by atoms with E-state index in [1.165, 1.54) is 0 Å². The predicted octanol–water partition coefficient (Wildman–Crippen LogP) is 2.32. The van der Waals surface area contributed by atoms with Crippen molar-refractivity contribution in [2.45, 2.75) is 19.3 Å². The molecule has 1 saturated heterocycles. The zero-order valence-corrected chi connectivity index (χ0v) is 14.6. The van der Waals surface area contributed by atoms with E-state index in [9.17, 15) is 9.59 Å². The van der Waals surface area contributed by atoms with Gasteiger partial charge in [-0.2, -0.15) is 0 Å². The summed E-state index contributed by atoms with van der Waals surface area (Å²) < 4.78 is 0.967. The van der Waals surface area contributed by atoms with Crippen LogP contribution >= 0.6 is 28.3 Å². The highest BCUT2D eigenvalue weighted by Gasteiger charge is 2.20. The van der Waals surface area contributed by atoms with Gasteiger partial charge in [-0.25, -0.2) is 0 Å². The molecule has 0 aliphatic carbocycles. The van der Waals surface area contributed by atoms with Crippen LogP contribution in [0.4, 0.5) is 5.69 Å². The van der Waals surface area contributed by atoms with Gasteiger partial charge in [-0.05, 0) is 50.2 Å². The van der Waals surface area contributed by atoms with E-state index in [0.29, 0.717) is 6.54 Å². The third-order valence-corrected chi connectivity index (χ3v) is 4.02. The minimum atomic E-state index is -0.0945. The second-order valence-electron chi connectivity index (χ2n) is 5.12. The largest absolute Gasteiger partial charge is 0.355 e. The Labute approximate surface area is 145 Å². The first-order valence-electron chi connectivity index (χ1n) is 7.19. The number of hydrogen-bond acceptors (Lipinski definition) is 3. The Bertz CT molecular complexity index is 490. The molecule has 0 bridgehead atoms. The summed E-state index contributed by atoms with van der Waals surface area (Å²) >= 11 is 3.34. The van der Waals surface area contributed by atoms with Crippen molar-refractivity contribution in [1.82, 2.24) is 10.6 Å². The van der Waals surface area contributed by atoms with Gasteiger partial charge in [0.1, 0.15) is 0 Å². The molecule has 0 atom stereocenters. The second-order valence-corrected chi connectivity index (χ2v) is 6.04. The first kappa shape index (κ1) is 18.9. The van der Waals surface area contributed by atoms with Crippen LogP contribution in [0.1, 0.15) is 19.3 Å². The third kappa shape index (κ3) is 6.34. The molecule has 1 fully saturated rings. The van der Waals surface area contributed by atoms with Crippen molar-refractivity contribution in [3.63, 3.8) is 0 Å². The monoisotopic (exact) mass is 389 g/mol. The molecular formula is C15H21BrClN3O2. The van der Waals surface area contributed by atoms with E-state index in [2.05, 4.69) is 31.9 Å². The zero-order chi connectivity index (χ0) is 15.1. The van der Waals surface area contributed by atoms with Gasteiger partial charge in [0.2, 0.25) is 11.8 Å². The van der Waals surface area contributed by atoms with Crippen LogP contribution in [0, 0.1) is 5.92 Å². The number of carbonyl (C=O) groups excluding carboxylic acids is 2. The molecule has 0 aromatic heterocycles. The maximum atomic E-state index is 11.9. The molecule has 1 heterocycles. The van der Waals surface area contributed by atoms with Crippen molar-refractivity contribution in [1.29, 1.82) is 0 Å². The predicted molar refractivity (Wildman–Crippen MR) is 93.2 cm³/mol. The summed E-state index contributed by atoms with van der Waals surface area (Å²) in [6.45, 7) is 2.16. The molecule has 2 amide bonds. The number of anilines is 1. The minimum Gasteiger partial charge on any atom is -0.355 e. The van der Waals surface area contributed by atoms with Crippen LogP contribution in [0.3, 0.4) is 0 Å². The number of amides is 2. The Morgan fingerprint density at radius 2 is 1.82 bits per heavy atom. The van der Waals surface area contributed by atoms with Gasteiger partial charge in [0.05, 0.1) is 0 Å². The van der Waals surface area contributed by atoms with E-state index < -0.39 is 0 Å². The van der Waals surface area contributed by atoms with Gasteiger partial charge in [0.15, 0.2) is 0 Å². The first-order valence-corrected chi connectivity index (χ1v) is 7.98. The van der Waals surface area contributed by atoms with Gasteiger partial charge < -0.3 is 16.0 Å². The van der Waals surface area contributed by atoms with Crippen LogP contribution in [-0.4, -0.2) is 31.4 Å². The topological polar surface area (TPSA) is 70.2 Å². The van der Waals surface area contributed by atoms with Crippen LogP contribution in [0.5, 0.6) is 0 Å². The summed E-state index contributed by atoms with van der Waals surface area (Å²) in [5, 5.41) is 8.87. The van der Waals surface area contributed by atoms with E-state index in [1.807, 2.05) is 24.3 Å². The van der Waals surface area contributed by atoms with Gasteiger partial charge in [0, 0.05) is 29.0 Å². The molecule has 22 heavy (non-hydrogen) atoms. The maximum absolute atomic E-state index is 11.9. The molecule has 3 N–H and O–H groups in total. The molecule has 1 aliphatic heterocycles. The molecule has 0 radical (unpaired) electrons. The molecule has 1 aromatic carbocycles. The summed E-state index contributed by atoms with van der Waals surface area (Å²) in [4.78, 5) is 23.7. The van der Waals surface area contributed by atoms with Gasteiger partial charge >= 0.3 is 0 Å². The van der Waals surface area contributed by atoms with Crippen LogP contribution in [0.2, 0.25) is 0 Å². The van der Waals surface area contributed by atoms with Crippen molar-refractivity contribution in [2.75, 3.05) is 25.0 Å². The summed E-state index contributed by atoms with van der Waals surface area (Å²) in [6, 6.07) is 7.40. The SMILES string of the molecule is Cl.O=C(CCNC(=O)C1CCNCC1)Nc1ccc(Br)cc1. The van der Waals surface area contributed by atoms with Crippen LogP contribution in [0.15, 0.2) is 28.7 Å². The molecule has 0 spiro atoms. The second kappa shape index (κ2) is 9.82. The molecule has 1 aromatic rings. The number of halogens is 2. The standard InChI is InChI=1S/C15H20BrN3O2.ClH/c16-12-1-3-13(4-2-12)19-14(20)7-10-18-15(21)11-5-8-17-9-6-11;/h1-4,11,17H,5-10H2,(H,18,21)(H,19,20);1H. The molecule has 7 heteroatoms. The lowest BCUT2D eigenvalue weighted by Gasteiger charge is -2.21. The maximum Gasteiger partial charge on any atom is 0.226 e. The number of carbonyl (C=O) groups is 2. The van der Waals surface area contributed by atoms with Crippen LogP contribution in [-0.2, 0) is 9.59 Å². The van der Waals surface area contributed by atoms with Gasteiger partial charge in [-0.1, -0.05) is 15.9 Å². The molecular weight excluding hydrogens is 370 g/mol. The Morgan fingerprint density at radius 1 is 1.18 bits per heavy atom. The highest BCUT2D eigenvalue weighted by molar-refractivity contribution is 9.10. The van der Waals surface area contributed by atoms with Crippen molar-refractivity contribution < 1.29 is 9.59 Å². The lowest BCUT2D eigenvalue weighted by atomic mass is 9.97. The normalized spacial score (nSPS) is 14.8. The fourth-order valence-electron chi connectivity index (χ4n) is 2.28. The highest BCUT2D eigenvalue weighted by atomic mass is 79.9. The fourth-order valence-corrected chi connectivity index (χ4v) is 2.55. The van der Waals surface area contributed by atoms with E-state index in [1.54, 1.807) is 0 Å². The highest BCUT2D eigenvalue weighted by Crippen LogP contribution is 2.14. The molecule has 1 aliphatic rings. The number of benzene rings is 1. The fraction of sp³-hybridized carbons (Fsp3) is 0.467. The van der Waals surface area contributed by atoms with Gasteiger partial charge in [-0.15, -0.1) is 12.4 Å². The van der Waals surface area contributed by atoms with Crippen molar-refractivity contribution in [2.24, 2.45) is 5.92 Å². The quantitative estimate of drug-likeness (QED) is 0.722. The third-order valence-electron chi connectivity index (χ3n) is 3.49. The Balaban J connectivity index is 0.00000242. The number of hydrogen-bond donors (Lipinski definition) is 3.